The van der Waals surface area contributed by atoms with Gasteiger partial charge in [-0.15, -0.1) is 0 Å². The molecular formula is C17H15FN4O2S. The van der Waals surface area contributed by atoms with Crippen molar-refractivity contribution in [3.8, 4) is 11.4 Å². The third kappa shape index (κ3) is 4.30. The van der Waals surface area contributed by atoms with Gasteiger partial charge in [-0.1, -0.05) is 18.2 Å². The van der Waals surface area contributed by atoms with Crippen LogP contribution in [0.2, 0.25) is 0 Å². The molecule has 1 amide bonds. The highest BCUT2D eigenvalue weighted by Gasteiger charge is 2.10. The Labute approximate surface area is 148 Å². The van der Waals surface area contributed by atoms with Gasteiger partial charge in [-0.25, -0.2) is 4.39 Å². The first-order valence-corrected chi connectivity index (χ1v) is 7.91. The van der Waals surface area contributed by atoms with Gasteiger partial charge in [-0.3, -0.25) is 14.5 Å². The predicted octanol–water partition coefficient (Wildman–Crippen LogP) is 2.76. The van der Waals surface area contributed by atoms with Gasteiger partial charge >= 0.3 is 0 Å². The van der Waals surface area contributed by atoms with Gasteiger partial charge in [0.1, 0.15) is 11.6 Å². The molecule has 2 aromatic carbocycles. The van der Waals surface area contributed by atoms with Crippen molar-refractivity contribution in [1.29, 1.82) is 0 Å². The number of hydrogen-bond donors (Lipinski definition) is 2. The first-order chi connectivity index (χ1) is 12.1. The summed E-state index contributed by atoms with van der Waals surface area (Å²) in [5.74, 6) is 0.492. The lowest BCUT2D eigenvalue weighted by Gasteiger charge is -2.09. The zero-order valence-electron chi connectivity index (χ0n) is 13.1. The number of para-hydroxylation sites is 1. The number of nitrogens with zero attached hydrogens (tertiary/aromatic N) is 2. The van der Waals surface area contributed by atoms with Crippen molar-refractivity contribution >= 4 is 18.1 Å². The molecule has 0 aliphatic carbocycles. The summed E-state index contributed by atoms with van der Waals surface area (Å²) in [6.45, 7) is 0.0488. The van der Waals surface area contributed by atoms with Crippen LogP contribution in [0, 0.1) is 10.6 Å². The molecule has 0 fully saturated rings. The number of halogens is 1. The van der Waals surface area contributed by atoms with Crippen LogP contribution in [-0.2, 0) is 11.3 Å². The topological polar surface area (TPSA) is 71.9 Å². The Kier molecular flexibility index (Phi) is 5.20. The van der Waals surface area contributed by atoms with Crippen LogP contribution < -0.4 is 10.1 Å². The number of nitrogens with one attached hydrogen (secondary N) is 2. The predicted molar refractivity (Wildman–Crippen MR) is 92.5 cm³/mol. The number of H-pyrrole nitrogens is 1. The van der Waals surface area contributed by atoms with Crippen molar-refractivity contribution in [2.75, 3.05) is 6.61 Å². The molecule has 0 atom stereocenters. The number of rotatable bonds is 6. The Balaban J connectivity index is 1.63. The minimum Gasteiger partial charge on any atom is -0.484 e. The fourth-order valence-corrected chi connectivity index (χ4v) is 2.46. The maximum Gasteiger partial charge on any atom is 0.258 e. The molecule has 0 spiro atoms. The normalized spacial score (nSPS) is 10.4. The average Bonchev–Trinajstić information content (AvgIpc) is 3.00. The first-order valence-electron chi connectivity index (χ1n) is 7.50. The zero-order chi connectivity index (χ0) is 17.6. The van der Waals surface area contributed by atoms with Crippen LogP contribution in [0.3, 0.4) is 0 Å². The summed E-state index contributed by atoms with van der Waals surface area (Å²) in [5.41, 5.74) is 0.657. The van der Waals surface area contributed by atoms with Gasteiger partial charge < -0.3 is 10.1 Å². The van der Waals surface area contributed by atoms with E-state index in [0.717, 1.165) is 0 Å². The van der Waals surface area contributed by atoms with Crippen LogP contribution in [0.4, 0.5) is 4.39 Å². The van der Waals surface area contributed by atoms with Crippen molar-refractivity contribution in [3.05, 3.63) is 71.0 Å². The van der Waals surface area contributed by atoms with E-state index in [1.165, 1.54) is 12.1 Å². The maximum atomic E-state index is 13.1. The van der Waals surface area contributed by atoms with Gasteiger partial charge in [0.15, 0.2) is 17.2 Å². The van der Waals surface area contributed by atoms with E-state index in [4.69, 9.17) is 17.0 Å². The van der Waals surface area contributed by atoms with E-state index in [1.807, 2.05) is 18.2 Å². The standard InChI is InChI=1S/C17H15FN4O2S/c18-12-6-8-13(9-7-12)22-15(20-21-17(22)25)10-19-16(23)11-24-14-4-2-1-3-5-14/h1-9H,10-11H2,(H,19,23)(H,21,25). The second-order valence-electron chi connectivity index (χ2n) is 5.14. The summed E-state index contributed by atoms with van der Waals surface area (Å²) < 4.78 is 20.4. The first kappa shape index (κ1) is 16.8. The monoisotopic (exact) mass is 358 g/mol. The molecule has 1 aromatic heterocycles. The second-order valence-corrected chi connectivity index (χ2v) is 5.52. The Morgan fingerprint density at radius 3 is 2.64 bits per heavy atom. The van der Waals surface area contributed by atoms with E-state index in [0.29, 0.717) is 22.0 Å². The summed E-state index contributed by atoms with van der Waals surface area (Å²) in [5, 5.41) is 9.49. The molecule has 8 heteroatoms. The number of aromatic nitrogens is 3. The number of aromatic amines is 1. The number of hydrogen-bond acceptors (Lipinski definition) is 4. The van der Waals surface area contributed by atoms with Crippen LogP contribution in [0.25, 0.3) is 5.69 Å². The highest BCUT2D eigenvalue weighted by atomic mass is 32.1. The smallest absolute Gasteiger partial charge is 0.258 e. The van der Waals surface area contributed by atoms with Gasteiger partial charge in [-0.05, 0) is 48.6 Å². The van der Waals surface area contributed by atoms with Crippen molar-refractivity contribution < 1.29 is 13.9 Å². The molecule has 0 aliphatic heterocycles. The van der Waals surface area contributed by atoms with E-state index in [2.05, 4.69) is 15.5 Å². The third-order valence-electron chi connectivity index (χ3n) is 3.38. The fourth-order valence-electron chi connectivity index (χ4n) is 2.20. The van der Waals surface area contributed by atoms with Crippen LogP contribution in [0.15, 0.2) is 54.6 Å². The molecule has 0 saturated heterocycles. The highest BCUT2D eigenvalue weighted by Crippen LogP contribution is 2.12. The van der Waals surface area contributed by atoms with Crippen molar-refractivity contribution in [3.63, 3.8) is 0 Å². The number of amides is 1. The number of carbonyl (C=O) groups is 1. The van der Waals surface area contributed by atoms with Gasteiger partial charge in [0, 0.05) is 5.69 Å². The van der Waals surface area contributed by atoms with Crippen LogP contribution >= 0.6 is 12.2 Å². The average molecular weight is 358 g/mol. The maximum absolute atomic E-state index is 13.1. The highest BCUT2D eigenvalue weighted by molar-refractivity contribution is 7.71. The summed E-state index contributed by atoms with van der Waals surface area (Å²) in [4.78, 5) is 11.9. The van der Waals surface area contributed by atoms with Crippen LogP contribution in [0.1, 0.15) is 5.82 Å². The molecule has 1 heterocycles. The van der Waals surface area contributed by atoms with Gasteiger partial charge in [0.25, 0.3) is 5.91 Å². The van der Waals surface area contributed by atoms with E-state index in [-0.39, 0.29) is 24.9 Å². The molecule has 0 aliphatic rings. The summed E-state index contributed by atoms with van der Waals surface area (Å²) in [6.07, 6.45) is 0. The molecule has 6 nitrogen and oxygen atoms in total. The molecule has 3 aromatic rings. The Morgan fingerprint density at radius 2 is 1.92 bits per heavy atom. The number of benzene rings is 2. The fraction of sp³-hybridized carbons (Fsp3) is 0.118. The molecule has 0 bridgehead atoms. The quantitative estimate of drug-likeness (QED) is 0.665. The van der Waals surface area contributed by atoms with Gasteiger partial charge in [0.2, 0.25) is 0 Å². The third-order valence-corrected chi connectivity index (χ3v) is 3.66. The van der Waals surface area contributed by atoms with Crippen molar-refractivity contribution in [1.82, 2.24) is 20.1 Å². The lowest BCUT2D eigenvalue weighted by atomic mass is 10.3. The van der Waals surface area contributed by atoms with Crippen molar-refractivity contribution in [2.24, 2.45) is 0 Å². The minimum atomic E-state index is -0.341. The molecule has 2 N–H and O–H groups in total. The van der Waals surface area contributed by atoms with E-state index < -0.39 is 0 Å². The molecular weight excluding hydrogens is 343 g/mol. The largest absolute Gasteiger partial charge is 0.484 e. The number of ether oxygens (including phenoxy) is 1. The lowest BCUT2D eigenvalue weighted by molar-refractivity contribution is -0.123. The summed E-state index contributed by atoms with van der Waals surface area (Å²) >= 11 is 5.20. The van der Waals surface area contributed by atoms with E-state index in [1.54, 1.807) is 28.8 Å². The molecule has 3 rings (SSSR count). The Bertz CT molecular complexity index is 906. The minimum absolute atomic E-state index is 0.105. The molecule has 25 heavy (non-hydrogen) atoms. The zero-order valence-corrected chi connectivity index (χ0v) is 13.9. The second kappa shape index (κ2) is 7.71. The SMILES string of the molecule is O=C(COc1ccccc1)NCc1n[nH]c(=S)n1-c1ccc(F)cc1. The summed E-state index contributed by atoms with van der Waals surface area (Å²) in [7, 11) is 0. The molecule has 128 valence electrons. The lowest BCUT2D eigenvalue weighted by Crippen LogP contribution is -2.29. The van der Waals surface area contributed by atoms with Crippen LogP contribution in [-0.4, -0.2) is 27.3 Å². The Morgan fingerprint density at radius 1 is 1.20 bits per heavy atom. The Hall–Kier alpha value is -3.00. The number of carbonyl (C=O) groups excluding carboxylic acids is 1. The van der Waals surface area contributed by atoms with Gasteiger partial charge in [-0.2, -0.15) is 5.10 Å². The van der Waals surface area contributed by atoms with Crippen LogP contribution in [0.5, 0.6) is 5.75 Å². The van der Waals surface area contributed by atoms with Gasteiger partial charge in [0.05, 0.1) is 6.54 Å². The van der Waals surface area contributed by atoms with Crippen molar-refractivity contribution in [2.45, 2.75) is 6.54 Å². The van der Waals surface area contributed by atoms with E-state index in [9.17, 15) is 9.18 Å². The molecule has 0 saturated carbocycles. The molecule has 0 unspecified atom stereocenters. The summed E-state index contributed by atoms with van der Waals surface area (Å²) in [6, 6.07) is 14.9. The molecule has 0 radical (unpaired) electrons. The van der Waals surface area contributed by atoms with E-state index >= 15 is 0 Å².